The summed E-state index contributed by atoms with van der Waals surface area (Å²) in [5.41, 5.74) is 2.78. The van der Waals surface area contributed by atoms with E-state index in [2.05, 4.69) is 15.3 Å². The van der Waals surface area contributed by atoms with Crippen molar-refractivity contribution >= 4 is 17.4 Å². The average Bonchev–Trinajstić information content (AvgIpc) is 2.53. The molecule has 0 radical (unpaired) electrons. The first-order valence-electron chi connectivity index (χ1n) is 6.23. The van der Waals surface area contributed by atoms with Crippen LogP contribution in [0.3, 0.4) is 0 Å². The number of nitrogens with one attached hydrogen (secondary N) is 1. The molecular weight excluding hydrogens is 274 g/mol. The summed E-state index contributed by atoms with van der Waals surface area (Å²) in [5, 5.41) is 21.8. The van der Waals surface area contributed by atoms with Crippen LogP contribution in [0.2, 0.25) is 0 Å². The van der Waals surface area contributed by atoms with Gasteiger partial charge in [0.1, 0.15) is 0 Å². The molecule has 0 aliphatic heterocycles. The summed E-state index contributed by atoms with van der Waals surface area (Å²) in [5.74, 6) is 0. The van der Waals surface area contributed by atoms with E-state index in [1.165, 1.54) is 11.8 Å². The van der Waals surface area contributed by atoms with E-state index in [1.54, 1.807) is 6.20 Å². The largest absolute Gasteiger partial charge is 0.394 e. The predicted octanol–water partition coefficient (Wildman–Crippen LogP) is 1.63. The summed E-state index contributed by atoms with van der Waals surface area (Å²) in [6.07, 6.45) is 2.94. The van der Waals surface area contributed by atoms with Crippen molar-refractivity contribution in [3.63, 3.8) is 0 Å². The molecule has 5 nitrogen and oxygen atoms in total. The summed E-state index contributed by atoms with van der Waals surface area (Å²) >= 11 is 1.51. The molecule has 0 bridgehead atoms. The molecule has 0 spiro atoms. The number of benzene rings is 1. The Hall–Kier alpha value is -1.63. The van der Waals surface area contributed by atoms with Crippen molar-refractivity contribution in [1.82, 2.24) is 9.97 Å². The lowest BCUT2D eigenvalue weighted by molar-refractivity contribution is 0.105. The average molecular weight is 291 g/mol. The fourth-order valence-corrected chi connectivity index (χ4v) is 2.01. The lowest BCUT2D eigenvalue weighted by Crippen LogP contribution is -2.22. The summed E-state index contributed by atoms with van der Waals surface area (Å²) in [6.45, 7) is 0.0729. The van der Waals surface area contributed by atoms with Crippen LogP contribution < -0.4 is 5.32 Å². The summed E-state index contributed by atoms with van der Waals surface area (Å²) < 4.78 is 0. The topological polar surface area (TPSA) is 78.3 Å². The molecule has 0 amide bonds. The minimum absolute atomic E-state index is 0.247. The maximum atomic E-state index is 9.28. The van der Waals surface area contributed by atoms with Crippen LogP contribution in [-0.4, -0.2) is 45.7 Å². The van der Waals surface area contributed by atoms with Gasteiger partial charge >= 0.3 is 0 Å². The normalized spacial score (nSPS) is 12.2. The first kappa shape index (κ1) is 14.8. The molecule has 1 heterocycles. The number of rotatable bonds is 6. The van der Waals surface area contributed by atoms with Crippen molar-refractivity contribution in [2.45, 2.75) is 11.3 Å². The molecule has 1 unspecified atom stereocenters. The van der Waals surface area contributed by atoms with E-state index >= 15 is 0 Å². The Morgan fingerprint density at radius 2 is 2.00 bits per heavy atom. The van der Waals surface area contributed by atoms with E-state index in [-0.39, 0.29) is 6.61 Å². The fraction of sp³-hybridized carbons (Fsp3) is 0.286. The van der Waals surface area contributed by atoms with E-state index < -0.39 is 6.10 Å². The SMILES string of the molecule is CSc1nccc(-c2ccc(NCC(O)CO)cc2)n1. The maximum absolute atomic E-state index is 9.28. The molecule has 1 atom stereocenters. The first-order chi connectivity index (χ1) is 9.72. The Labute approximate surface area is 122 Å². The highest BCUT2D eigenvalue weighted by Crippen LogP contribution is 2.21. The highest BCUT2D eigenvalue weighted by molar-refractivity contribution is 7.98. The van der Waals surface area contributed by atoms with Gasteiger partial charge in [0.25, 0.3) is 0 Å². The van der Waals surface area contributed by atoms with Gasteiger partial charge in [-0.1, -0.05) is 23.9 Å². The van der Waals surface area contributed by atoms with Crippen molar-refractivity contribution < 1.29 is 10.2 Å². The molecule has 1 aromatic carbocycles. The van der Waals surface area contributed by atoms with Crippen LogP contribution >= 0.6 is 11.8 Å². The fourth-order valence-electron chi connectivity index (χ4n) is 1.66. The lowest BCUT2D eigenvalue weighted by atomic mass is 10.1. The lowest BCUT2D eigenvalue weighted by Gasteiger charge is -2.10. The van der Waals surface area contributed by atoms with Gasteiger partial charge in [-0.05, 0) is 24.5 Å². The molecule has 0 aliphatic rings. The second kappa shape index (κ2) is 7.23. The Kier molecular flexibility index (Phi) is 5.34. The van der Waals surface area contributed by atoms with Crippen LogP contribution in [0.4, 0.5) is 5.69 Å². The maximum Gasteiger partial charge on any atom is 0.187 e. The molecule has 3 N–H and O–H groups in total. The van der Waals surface area contributed by atoms with Crippen molar-refractivity contribution in [2.75, 3.05) is 24.7 Å². The zero-order valence-corrected chi connectivity index (χ0v) is 12.0. The highest BCUT2D eigenvalue weighted by atomic mass is 32.2. The predicted molar refractivity (Wildman–Crippen MR) is 80.8 cm³/mol. The quantitative estimate of drug-likeness (QED) is 0.554. The van der Waals surface area contributed by atoms with Gasteiger partial charge in [0.15, 0.2) is 5.16 Å². The zero-order chi connectivity index (χ0) is 14.4. The molecule has 106 valence electrons. The van der Waals surface area contributed by atoms with Gasteiger partial charge in [0.2, 0.25) is 0 Å². The molecule has 0 saturated carbocycles. The second-order valence-electron chi connectivity index (χ2n) is 4.22. The molecule has 1 aromatic heterocycles. The van der Waals surface area contributed by atoms with Crippen molar-refractivity contribution in [2.24, 2.45) is 0 Å². The molecule has 20 heavy (non-hydrogen) atoms. The van der Waals surface area contributed by atoms with Crippen LogP contribution in [0.25, 0.3) is 11.3 Å². The van der Waals surface area contributed by atoms with E-state index in [9.17, 15) is 5.11 Å². The van der Waals surface area contributed by atoms with Gasteiger partial charge < -0.3 is 15.5 Å². The molecule has 0 aliphatic carbocycles. The number of hydrogen-bond donors (Lipinski definition) is 3. The first-order valence-corrected chi connectivity index (χ1v) is 7.45. The van der Waals surface area contributed by atoms with Gasteiger partial charge in [-0.3, -0.25) is 0 Å². The molecule has 6 heteroatoms. The highest BCUT2D eigenvalue weighted by Gasteiger charge is 2.03. The van der Waals surface area contributed by atoms with Gasteiger partial charge in [-0.15, -0.1) is 0 Å². The Morgan fingerprint density at radius 1 is 1.25 bits per heavy atom. The molecule has 0 fully saturated rings. The van der Waals surface area contributed by atoms with Crippen LogP contribution in [0.15, 0.2) is 41.7 Å². The minimum Gasteiger partial charge on any atom is -0.394 e. The minimum atomic E-state index is -0.749. The van der Waals surface area contributed by atoms with E-state index in [0.717, 1.165) is 22.1 Å². The monoisotopic (exact) mass is 291 g/mol. The molecular formula is C14H17N3O2S. The van der Waals surface area contributed by atoms with E-state index in [0.29, 0.717) is 6.54 Å². The number of aliphatic hydroxyl groups excluding tert-OH is 2. The number of aliphatic hydroxyl groups is 2. The Balaban J connectivity index is 2.07. The summed E-state index contributed by atoms with van der Waals surface area (Å²) in [6, 6.07) is 9.62. The number of thioether (sulfide) groups is 1. The van der Waals surface area contributed by atoms with Gasteiger partial charge in [0.05, 0.1) is 18.4 Å². The van der Waals surface area contributed by atoms with Crippen molar-refractivity contribution in [1.29, 1.82) is 0 Å². The van der Waals surface area contributed by atoms with Crippen molar-refractivity contribution in [3.05, 3.63) is 36.5 Å². The number of anilines is 1. The van der Waals surface area contributed by atoms with E-state index in [1.807, 2.05) is 36.6 Å². The molecule has 2 aromatic rings. The third-order valence-electron chi connectivity index (χ3n) is 2.75. The van der Waals surface area contributed by atoms with Crippen LogP contribution in [-0.2, 0) is 0 Å². The number of nitrogens with zero attached hydrogens (tertiary/aromatic N) is 2. The smallest absolute Gasteiger partial charge is 0.187 e. The standard InChI is InChI=1S/C14H17N3O2S/c1-20-14-15-7-6-13(17-14)10-2-4-11(5-3-10)16-8-12(19)9-18/h2-7,12,16,18-19H,8-9H2,1H3. The third-order valence-corrected chi connectivity index (χ3v) is 3.31. The van der Waals surface area contributed by atoms with Crippen LogP contribution in [0.5, 0.6) is 0 Å². The number of hydrogen-bond acceptors (Lipinski definition) is 6. The molecule has 0 saturated heterocycles. The molecule has 2 rings (SSSR count). The van der Waals surface area contributed by atoms with Gasteiger partial charge in [-0.25, -0.2) is 9.97 Å². The van der Waals surface area contributed by atoms with Crippen LogP contribution in [0, 0.1) is 0 Å². The summed E-state index contributed by atoms with van der Waals surface area (Å²) in [7, 11) is 0. The second-order valence-corrected chi connectivity index (χ2v) is 5.00. The Bertz CT molecular complexity index is 548. The summed E-state index contributed by atoms with van der Waals surface area (Å²) in [4.78, 5) is 8.58. The zero-order valence-electron chi connectivity index (χ0n) is 11.2. The van der Waals surface area contributed by atoms with Gasteiger partial charge in [0, 0.05) is 24.0 Å². The van der Waals surface area contributed by atoms with Crippen molar-refractivity contribution in [3.8, 4) is 11.3 Å². The third kappa shape index (κ3) is 3.93. The Morgan fingerprint density at radius 3 is 2.65 bits per heavy atom. The number of aromatic nitrogens is 2. The van der Waals surface area contributed by atoms with E-state index in [4.69, 9.17) is 5.11 Å². The van der Waals surface area contributed by atoms with Crippen LogP contribution in [0.1, 0.15) is 0 Å². The van der Waals surface area contributed by atoms with Gasteiger partial charge in [-0.2, -0.15) is 0 Å².